The number of nitrogens with two attached hydrogens (primary N) is 1. The summed E-state index contributed by atoms with van der Waals surface area (Å²) in [7, 11) is 0. The maximum atomic E-state index is 11.6. The minimum atomic E-state index is -0.455. The Morgan fingerprint density at radius 2 is 1.87 bits per heavy atom. The molecule has 1 aliphatic rings. The van der Waals surface area contributed by atoms with Crippen LogP contribution in [0.3, 0.4) is 0 Å². The average molecular weight is 210 g/mol. The Kier molecular flexibility index (Phi) is 3.29. The van der Waals surface area contributed by atoms with Gasteiger partial charge in [-0.15, -0.1) is 0 Å². The minimum Gasteiger partial charge on any atom is -0.324 e. The van der Waals surface area contributed by atoms with Crippen LogP contribution in [0.15, 0.2) is 11.6 Å². The van der Waals surface area contributed by atoms with Gasteiger partial charge in [-0.05, 0) is 19.8 Å². The first kappa shape index (κ1) is 11.9. The molecule has 0 unspecified atom stereocenters. The van der Waals surface area contributed by atoms with Gasteiger partial charge < -0.3 is 5.73 Å². The van der Waals surface area contributed by atoms with E-state index in [1.165, 1.54) is 11.0 Å². The van der Waals surface area contributed by atoms with Gasteiger partial charge in [0.2, 0.25) is 0 Å². The smallest absolute Gasteiger partial charge is 0.256 e. The molecule has 84 valence electrons. The highest BCUT2D eigenvalue weighted by molar-refractivity contribution is 6.15. The van der Waals surface area contributed by atoms with Crippen LogP contribution in [0.4, 0.5) is 0 Å². The second kappa shape index (κ2) is 4.14. The zero-order chi connectivity index (χ0) is 11.6. The van der Waals surface area contributed by atoms with E-state index in [9.17, 15) is 9.59 Å². The van der Waals surface area contributed by atoms with Crippen molar-refractivity contribution in [3.63, 3.8) is 0 Å². The van der Waals surface area contributed by atoms with Crippen molar-refractivity contribution in [1.29, 1.82) is 0 Å². The third kappa shape index (κ3) is 2.26. The van der Waals surface area contributed by atoms with Gasteiger partial charge >= 0.3 is 0 Å². The molecule has 0 aromatic heterocycles. The van der Waals surface area contributed by atoms with Crippen LogP contribution < -0.4 is 5.73 Å². The molecule has 0 saturated carbocycles. The fraction of sp³-hybridized carbons (Fsp3) is 0.636. The molecule has 0 aromatic rings. The molecule has 1 aliphatic heterocycles. The Hall–Kier alpha value is -1.16. The van der Waals surface area contributed by atoms with Crippen LogP contribution in [0.1, 0.15) is 33.6 Å². The van der Waals surface area contributed by atoms with Gasteiger partial charge in [0.15, 0.2) is 0 Å². The predicted octanol–water partition coefficient (Wildman–Crippen LogP) is 0.819. The Labute approximate surface area is 90.1 Å². The third-order valence-corrected chi connectivity index (χ3v) is 3.07. The molecule has 0 atom stereocenters. The van der Waals surface area contributed by atoms with E-state index in [1.54, 1.807) is 6.92 Å². The van der Waals surface area contributed by atoms with Crippen molar-refractivity contribution in [3.05, 3.63) is 11.6 Å². The van der Waals surface area contributed by atoms with E-state index in [0.717, 1.165) is 12.8 Å². The molecular formula is C11H18N2O2. The van der Waals surface area contributed by atoms with Crippen molar-refractivity contribution in [1.82, 2.24) is 4.90 Å². The standard InChI is InChI=1S/C11H18N2O2/c1-4-11(12,5-2)7-13-9(14)6-8(3)10(13)15/h6H,4-5,7,12H2,1-3H3. The SMILES string of the molecule is CCC(N)(CC)CN1C(=O)C=C(C)C1=O. The second-order valence-corrected chi connectivity index (χ2v) is 4.13. The Bertz CT molecular complexity index is 317. The van der Waals surface area contributed by atoms with Gasteiger partial charge in [0, 0.05) is 23.7 Å². The molecule has 15 heavy (non-hydrogen) atoms. The van der Waals surface area contributed by atoms with Gasteiger partial charge in [-0.2, -0.15) is 0 Å². The number of rotatable bonds is 4. The summed E-state index contributed by atoms with van der Waals surface area (Å²) in [4.78, 5) is 24.3. The normalized spacial score (nSPS) is 17.3. The molecule has 2 N–H and O–H groups in total. The molecule has 2 amide bonds. The topological polar surface area (TPSA) is 63.4 Å². The monoisotopic (exact) mass is 210 g/mol. The Balaban J connectivity index is 2.76. The van der Waals surface area contributed by atoms with Gasteiger partial charge in [0.25, 0.3) is 11.8 Å². The summed E-state index contributed by atoms with van der Waals surface area (Å²) in [6, 6.07) is 0. The number of amides is 2. The fourth-order valence-corrected chi connectivity index (χ4v) is 1.58. The molecule has 4 nitrogen and oxygen atoms in total. The maximum Gasteiger partial charge on any atom is 0.256 e. The molecule has 0 aromatic carbocycles. The molecular weight excluding hydrogens is 192 g/mol. The van der Waals surface area contributed by atoms with Crippen molar-refractivity contribution >= 4 is 11.8 Å². The molecule has 1 heterocycles. The molecule has 0 radical (unpaired) electrons. The summed E-state index contributed by atoms with van der Waals surface area (Å²) in [5.41, 5.74) is 6.12. The first-order chi connectivity index (χ1) is 6.93. The maximum absolute atomic E-state index is 11.6. The molecule has 0 saturated heterocycles. The van der Waals surface area contributed by atoms with E-state index >= 15 is 0 Å². The van der Waals surface area contributed by atoms with Gasteiger partial charge in [-0.25, -0.2) is 0 Å². The second-order valence-electron chi connectivity index (χ2n) is 4.13. The molecule has 0 spiro atoms. The average Bonchev–Trinajstić information content (AvgIpc) is 2.45. The predicted molar refractivity (Wildman–Crippen MR) is 58.0 cm³/mol. The number of nitrogens with zero attached hydrogens (tertiary/aromatic N) is 1. The summed E-state index contributed by atoms with van der Waals surface area (Å²) in [6.07, 6.45) is 2.87. The van der Waals surface area contributed by atoms with Crippen LogP contribution in [-0.4, -0.2) is 28.8 Å². The summed E-state index contributed by atoms with van der Waals surface area (Å²) >= 11 is 0. The number of hydrogen-bond acceptors (Lipinski definition) is 3. The highest BCUT2D eigenvalue weighted by atomic mass is 16.2. The molecule has 4 heteroatoms. The van der Waals surface area contributed by atoms with Crippen LogP contribution in [0.2, 0.25) is 0 Å². The lowest BCUT2D eigenvalue weighted by Crippen LogP contribution is -2.51. The van der Waals surface area contributed by atoms with E-state index in [0.29, 0.717) is 12.1 Å². The third-order valence-electron chi connectivity index (χ3n) is 3.07. The zero-order valence-electron chi connectivity index (χ0n) is 9.54. The highest BCUT2D eigenvalue weighted by Gasteiger charge is 2.34. The van der Waals surface area contributed by atoms with Crippen LogP contribution >= 0.6 is 0 Å². The molecule has 0 aliphatic carbocycles. The fourth-order valence-electron chi connectivity index (χ4n) is 1.58. The number of imide groups is 1. The van der Waals surface area contributed by atoms with E-state index in [1.807, 2.05) is 13.8 Å². The summed E-state index contributed by atoms with van der Waals surface area (Å²) < 4.78 is 0. The van der Waals surface area contributed by atoms with Crippen molar-refractivity contribution in [2.75, 3.05) is 6.54 Å². The van der Waals surface area contributed by atoms with E-state index in [2.05, 4.69) is 0 Å². The molecule has 0 bridgehead atoms. The van der Waals surface area contributed by atoms with Crippen molar-refractivity contribution < 1.29 is 9.59 Å². The zero-order valence-corrected chi connectivity index (χ0v) is 9.54. The first-order valence-electron chi connectivity index (χ1n) is 5.26. The Morgan fingerprint density at radius 3 is 2.20 bits per heavy atom. The van der Waals surface area contributed by atoms with Crippen molar-refractivity contribution in [3.8, 4) is 0 Å². The van der Waals surface area contributed by atoms with Gasteiger partial charge in [-0.3, -0.25) is 14.5 Å². The van der Waals surface area contributed by atoms with Gasteiger partial charge in [0.1, 0.15) is 0 Å². The highest BCUT2D eigenvalue weighted by Crippen LogP contribution is 2.19. The molecule has 1 rings (SSSR count). The lowest BCUT2D eigenvalue weighted by atomic mass is 9.93. The van der Waals surface area contributed by atoms with Crippen LogP contribution in [0, 0.1) is 0 Å². The quantitative estimate of drug-likeness (QED) is 0.699. The first-order valence-corrected chi connectivity index (χ1v) is 5.26. The largest absolute Gasteiger partial charge is 0.324 e. The lowest BCUT2D eigenvalue weighted by molar-refractivity contribution is -0.138. The van der Waals surface area contributed by atoms with Crippen LogP contribution in [0.25, 0.3) is 0 Å². The van der Waals surface area contributed by atoms with Crippen LogP contribution in [0.5, 0.6) is 0 Å². The van der Waals surface area contributed by atoms with E-state index < -0.39 is 5.54 Å². The summed E-state index contributed by atoms with van der Waals surface area (Å²) in [6.45, 7) is 5.89. The molecule has 0 fully saturated rings. The summed E-state index contributed by atoms with van der Waals surface area (Å²) in [5, 5.41) is 0. The number of carbonyl (C=O) groups excluding carboxylic acids is 2. The van der Waals surface area contributed by atoms with E-state index in [4.69, 9.17) is 5.73 Å². The van der Waals surface area contributed by atoms with Gasteiger partial charge in [0.05, 0.1) is 0 Å². The minimum absolute atomic E-state index is 0.211. The van der Waals surface area contributed by atoms with Gasteiger partial charge in [-0.1, -0.05) is 13.8 Å². The summed E-state index contributed by atoms with van der Waals surface area (Å²) in [5.74, 6) is -0.453. The van der Waals surface area contributed by atoms with Crippen molar-refractivity contribution in [2.45, 2.75) is 39.2 Å². The lowest BCUT2D eigenvalue weighted by Gasteiger charge is -2.30. The number of carbonyl (C=O) groups is 2. The Morgan fingerprint density at radius 1 is 1.33 bits per heavy atom. The van der Waals surface area contributed by atoms with E-state index in [-0.39, 0.29) is 11.8 Å². The van der Waals surface area contributed by atoms with Crippen molar-refractivity contribution in [2.24, 2.45) is 5.73 Å². The van der Waals surface area contributed by atoms with Crippen LogP contribution in [-0.2, 0) is 9.59 Å². The number of hydrogen-bond donors (Lipinski definition) is 1.